The van der Waals surface area contributed by atoms with E-state index < -0.39 is 4.92 Å². The molecule has 3 aromatic rings. The van der Waals surface area contributed by atoms with Crippen LogP contribution in [0.2, 0.25) is 0 Å². The fourth-order valence-electron chi connectivity index (χ4n) is 2.49. The molecule has 3 rings (SSSR count). The van der Waals surface area contributed by atoms with E-state index in [0.29, 0.717) is 17.0 Å². The van der Waals surface area contributed by atoms with Crippen molar-refractivity contribution in [1.29, 1.82) is 0 Å². The molecular weight excluding hydrogens is 296 g/mol. The quantitative estimate of drug-likeness (QED) is 0.541. The number of hydrogen-bond acceptors (Lipinski definition) is 5. The lowest BCUT2D eigenvalue weighted by molar-refractivity contribution is -0.384. The number of nitro benzene ring substituents is 1. The van der Waals surface area contributed by atoms with Crippen LogP contribution in [0, 0.1) is 10.1 Å². The summed E-state index contributed by atoms with van der Waals surface area (Å²) in [4.78, 5) is 15.3. The van der Waals surface area contributed by atoms with E-state index in [1.807, 2.05) is 18.2 Å². The molecule has 116 valence electrons. The Balaban J connectivity index is 2.30. The van der Waals surface area contributed by atoms with Crippen molar-refractivity contribution in [2.45, 2.75) is 0 Å². The molecule has 0 N–H and O–H groups in total. The van der Waals surface area contributed by atoms with Crippen molar-refractivity contribution >= 4 is 16.5 Å². The second-order valence-corrected chi connectivity index (χ2v) is 4.89. The van der Waals surface area contributed by atoms with E-state index >= 15 is 0 Å². The van der Waals surface area contributed by atoms with E-state index in [1.54, 1.807) is 31.5 Å². The van der Waals surface area contributed by atoms with Crippen LogP contribution in [0.3, 0.4) is 0 Å². The monoisotopic (exact) mass is 310 g/mol. The standard InChI is InChI=1S/C17H14N2O4/c1-22-12-3-5-14-11(9-12)7-8-18-17(14)15-10-13(23-2)4-6-16(15)19(20)21/h3-10H,1-2H3. The molecule has 2 aromatic carbocycles. The molecule has 0 saturated carbocycles. The summed E-state index contributed by atoms with van der Waals surface area (Å²) in [6, 6.07) is 12.0. The van der Waals surface area contributed by atoms with Crippen molar-refractivity contribution in [3.8, 4) is 22.8 Å². The maximum atomic E-state index is 11.3. The molecule has 0 aliphatic carbocycles. The summed E-state index contributed by atoms with van der Waals surface area (Å²) in [6.45, 7) is 0. The molecule has 6 nitrogen and oxygen atoms in total. The Morgan fingerprint density at radius 2 is 1.70 bits per heavy atom. The average Bonchev–Trinajstić information content (AvgIpc) is 2.59. The second kappa shape index (κ2) is 5.92. The molecule has 0 aliphatic rings. The normalized spacial score (nSPS) is 10.5. The van der Waals surface area contributed by atoms with Gasteiger partial charge in [-0.1, -0.05) is 0 Å². The largest absolute Gasteiger partial charge is 0.497 e. The molecule has 0 bridgehead atoms. The Bertz CT molecular complexity index is 893. The van der Waals surface area contributed by atoms with Gasteiger partial charge in [0.15, 0.2) is 0 Å². The van der Waals surface area contributed by atoms with Crippen molar-refractivity contribution in [1.82, 2.24) is 4.98 Å². The summed E-state index contributed by atoms with van der Waals surface area (Å²) in [6.07, 6.45) is 1.63. The van der Waals surface area contributed by atoms with Crippen molar-refractivity contribution in [3.05, 3.63) is 58.8 Å². The predicted octanol–water partition coefficient (Wildman–Crippen LogP) is 3.83. The molecule has 0 unspecified atom stereocenters. The molecule has 0 fully saturated rings. The van der Waals surface area contributed by atoms with Crippen LogP contribution in [0.1, 0.15) is 0 Å². The number of ether oxygens (including phenoxy) is 2. The zero-order valence-corrected chi connectivity index (χ0v) is 12.6. The van der Waals surface area contributed by atoms with Gasteiger partial charge in [-0.05, 0) is 41.8 Å². The Hall–Kier alpha value is -3.15. The highest BCUT2D eigenvalue weighted by molar-refractivity contribution is 5.97. The summed E-state index contributed by atoms with van der Waals surface area (Å²) < 4.78 is 10.4. The lowest BCUT2D eigenvalue weighted by atomic mass is 10.0. The second-order valence-electron chi connectivity index (χ2n) is 4.89. The van der Waals surface area contributed by atoms with E-state index in [2.05, 4.69) is 4.98 Å². The number of hydrogen-bond donors (Lipinski definition) is 0. The number of methoxy groups -OCH3 is 2. The van der Waals surface area contributed by atoms with Gasteiger partial charge in [0.05, 0.1) is 30.4 Å². The van der Waals surface area contributed by atoms with Gasteiger partial charge in [-0.2, -0.15) is 0 Å². The van der Waals surface area contributed by atoms with Gasteiger partial charge in [-0.25, -0.2) is 0 Å². The van der Waals surface area contributed by atoms with Gasteiger partial charge < -0.3 is 9.47 Å². The van der Waals surface area contributed by atoms with Crippen LogP contribution in [0.25, 0.3) is 22.0 Å². The lowest BCUT2D eigenvalue weighted by Crippen LogP contribution is -1.95. The first-order chi connectivity index (χ1) is 11.1. The third-order valence-corrected chi connectivity index (χ3v) is 3.63. The minimum absolute atomic E-state index is 0.0124. The van der Waals surface area contributed by atoms with E-state index in [4.69, 9.17) is 9.47 Å². The maximum Gasteiger partial charge on any atom is 0.279 e. The average molecular weight is 310 g/mol. The van der Waals surface area contributed by atoms with Gasteiger partial charge in [-0.15, -0.1) is 0 Å². The van der Waals surface area contributed by atoms with Crippen LogP contribution in [0.15, 0.2) is 48.7 Å². The van der Waals surface area contributed by atoms with Crippen molar-refractivity contribution in [3.63, 3.8) is 0 Å². The molecule has 0 radical (unpaired) electrons. The number of rotatable bonds is 4. The minimum Gasteiger partial charge on any atom is -0.497 e. The van der Waals surface area contributed by atoms with Crippen molar-refractivity contribution < 1.29 is 14.4 Å². The van der Waals surface area contributed by atoms with Gasteiger partial charge in [0.25, 0.3) is 5.69 Å². The molecule has 0 spiro atoms. The molecule has 1 heterocycles. The van der Waals surface area contributed by atoms with Gasteiger partial charge >= 0.3 is 0 Å². The highest BCUT2D eigenvalue weighted by Gasteiger charge is 2.19. The summed E-state index contributed by atoms with van der Waals surface area (Å²) in [7, 11) is 3.11. The maximum absolute atomic E-state index is 11.3. The minimum atomic E-state index is -0.418. The zero-order valence-electron chi connectivity index (χ0n) is 12.6. The van der Waals surface area contributed by atoms with Gasteiger partial charge in [-0.3, -0.25) is 15.1 Å². The Kier molecular flexibility index (Phi) is 3.80. The van der Waals surface area contributed by atoms with E-state index in [-0.39, 0.29) is 5.69 Å². The molecule has 0 atom stereocenters. The summed E-state index contributed by atoms with van der Waals surface area (Å²) >= 11 is 0. The van der Waals surface area contributed by atoms with Gasteiger partial charge in [0, 0.05) is 17.6 Å². The van der Waals surface area contributed by atoms with Crippen LogP contribution in [0.4, 0.5) is 5.69 Å². The van der Waals surface area contributed by atoms with E-state index in [0.717, 1.165) is 16.5 Å². The molecule has 23 heavy (non-hydrogen) atoms. The van der Waals surface area contributed by atoms with Crippen LogP contribution in [-0.4, -0.2) is 24.1 Å². The van der Waals surface area contributed by atoms with Crippen LogP contribution in [0.5, 0.6) is 11.5 Å². The van der Waals surface area contributed by atoms with Crippen molar-refractivity contribution in [2.24, 2.45) is 0 Å². The molecule has 0 aliphatic heterocycles. The highest BCUT2D eigenvalue weighted by atomic mass is 16.6. The summed E-state index contributed by atoms with van der Waals surface area (Å²) in [5.74, 6) is 1.26. The lowest BCUT2D eigenvalue weighted by Gasteiger charge is -2.09. The third-order valence-electron chi connectivity index (χ3n) is 3.63. The first kappa shape index (κ1) is 14.8. The SMILES string of the molecule is COc1ccc([N+](=O)[O-])c(-c2nccc3cc(OC)ccc23)c1. The van der Waals surface area contributed by atoms with Gasteiger partial charge in [0.1, 0.15) is 11.5 Å². The first-order valence-electron chi connectivity index (χ1n) is 6.89. The molecular formula is C17H14N2O4. The molecule has 6 heteroatoms. The Morgan fingerprint density at radius 1 is 1.00 bits per heavy atom. The smallest absolute Gasteiger partial charge is 0.279 e. The van der Waals surface area contributed by atoms with E-state index in [9.17, 15) is 10.1 Å². The number of fused-ring (bicyclic) bond motifs is 1. The van der Waals surface area contributed by atoms with Gasteiger partial charge in [0.2, 0.25) is 0 Å². The Morgan fingerprint density at radius 3 is 2.39 bits per heavy atom. The van der Waals surface area contributed by atoms with Crippen LogP contribution < -0.4 is 9.47 Å². The zero-order chi connectivity index (χ0) is 16.4. The Labute approximate surface area is 132 Å². The number of nitrogens with zero attached hydrogens (tertiary/aromatic N) is 2. The number of pyridine rings is 1. The predicted molar refractivity (Wildman–Crippen MR) is 86.9 cm³/mol. The third kappa shape index (κ3) is 2.66. The van der Waals surface area contributed by atoms with Crippen molar-refractivity contribution in [2.75, 3.05) is 14.2 Å². The molecule has 0 amide bonds. The fraction of sp³-hybridized carbons (Fsp3) is 0.118. The topological polar surface area (TPSA) is 74.5 Å². The number of aromatic nitrogens is 1. The number of nitro groups is 1. The first-order valence-corrected chi connectivity index (χ1v) is 6.89. The van der Waals surface area contributed by atoms with Crippen LogP contribution in [-0.2, 0) is 0 Å². The van der Waals surface area contributed by atoms with E-state index in [1.165, 1.54) is 13.2 Å². The number of benzene rings is 2. The highest BCUT2D eigenvalue weighted by Crippen LogP contribution is 2.36. The van der Waals surface area contributed by atoms with Crippen LogP contribution >= 0.6 is 0 Å². The molecule has 0 saturated heterocycles. The molecule has 1 aromatic heterocycles. The summed E-state index contributed by atoms with van der Waals surface area (Å²) in [5, 5.41) is 13.1. The summed E-state index contributed by atoms with van der Waals surface area (Å²) in [5.41, 5.74) is 0.947. The fourth-order valence-corrected chi connectivity index (χ4v) is 2.49.